The zero-order valence-corrected chi connectivity index (χ0v) is 16.1. The summed E-state index contributed by atoms with van der Waals surface area (Å²) in [6.45, 7) is 9.06. The summed E-state index contributed by atoms with van der Waals surface area (Å²) in [7, 11) is 0. The van der Waals surface area contributed by atoms with Gasteiger partial charge in [-0.05, 0) is 38.1 Å². The highest BCUT2D eigenvalue weighted by Gasteiger charge is 2.21. The molecule has 2 aromatic carbocycles. The minimum Gasteiger partial charge on any atom is -0.354 e. The Bertz CT molecular complexity index is 631. The first-order valence-electron chi connectivity index (χ1n) is 8.90. The summed E-state index contributed by atoms with van der Waals surface area (Å²) in [6.07, 6.45) is 0. The first-order valence-corrected chi connectivity index (χ1v) is 9.78. The molecule has 0 saturated carbocycles. The lowest BCUT2D eigenvalue weighted by Crippen LogP contribution is -2.39. The van der Waals surface area contributed by atoms with Crippen LogP contribution in [0.2, 0.25) is 0 Å². The number of carbonyl (C=O) groups excluding carboxylic acids is 1. The third-order valence-electron chi connectivity index (χ3n) is 4.17. The standard InChI is InChI=1S/C21H28N2OS/c1-4-23(17(2)3)16-15-22-21(24)20(18-11-7-5-8-12-18)25-19-13-9-6-10-14-19/h5-14,17,20H,4,15-16H2,1-3H3,(H,22,24). The fraction of sp³-hybridized carbons (Fsp3) is 0.381. The second-order valence-electron chi connectivity index (χ2n) is 6.23. The Hall–Kier alpha value is -1.78. The highest BCUT2D eigenvalue weighted by atomic mass is 32.2. The van der Waals surface area contributed by atoms with Crippen LogP contribution in [-0.2, 0) is 4.79 Å². The van der Waals surface area contributed by atoms with E-state index in [2.05, 4.69) is 31.0 Å². The Morgan fingerprint density at radius 3 is 2.20 bits per heavy atom. The minimum absolute atomic E-state index is 0.0693. The van der Waals surface area contributed by atoms with E-state index in [1.807, 2.05) is 60.7 Å². The summed E-state index contributed by atoms with van der Waals surface area (Å²) in [6, 6.07) is 20.6. The van der Waals surface area contributed by atoms with Gasteiger partial charge in [-0.25, -0.2) is 0 Å². The number of benzene rings is 2. The molecule has 0 aliphatic carbocycles. The van der Waals surface area contributed by atoms with Gasteiger partial charge in [0.15, 0.2) is 0 Å². The first kappa shape index (κ1) is 19.5. The summed E-state index contributed by atoms with van der Waals surface area (Å²) < 4.78 is 0. The Morgan fingerprint density at radius 1 is 1.04 bits per heavy atom. The normalized spacial score (nSPS) is 12.4. The van der Waals surface area contributed by atoms with E-state index in [4.69, 9.17) is 0 Å². The van der Waals surface area contributed by atoms with Crippen molar-refractivity contribution in [3.05, 3.63) is 66.2 Å². The van der Waals surface area contributed by atoms with Crippen LogP contribution in [0.3, 0.4) is 0 Å². The number of nitrogens with one attached hydrogen (secondary N) is 1. The minimum atomic E-state index is -0.238. The van der Waals surface area contributed by atoms with Crippen molar-refractivity contribution in [2.75, 3.05) is 19.6 Å². The summed E-state index contributed by atoms with van der Waals surface area (Å²) in [5, 5.41) is 2.88. The smallest absolute Gasteiger partial charge is 0.238 e. The van der Waals surface area contributed by atoms with Gasteiger partial charge in [0.05, 0.1) is 0 Å². The Kier molecular flexibility index (Phi) is 8.02. The van der Waals surface area contributed by atoms with Crippen LogP contribution in [0.4, 0.5) is 0 Å². The maximum Gasteiger partial charge on any atom is 0.238 e. The van der Waals surface area contributed by atoms with Gasteiger partial charge in [-0.1, -0.05) is 55.5 Å². The van der Waals surface area contributed by atoms with Gasteiger partial charge >= 0.3 is 0 Å². The van der Waals surface area contributed by atoms with E-state index in [0.717, 1.165) is 23.5 Å². The highest BCUT2D eigenvalue weighted by molar-refractivity contribution is 8.00. The van der Waals surface area contributed by atoms with Crippen molar-refractivity contribution in [3.63, 3.8) is 0 Å². The zero-order valence-electron chi connectivity index (χ0n) is 15.3. The SMILES string of the molecule is CCN(CCNC(=O)C(Sc1ccccc1)c1ccccc1)C(C)C. The number of hydrogen-bond donors (Lipinski definition) is 1. The average Bonchev–Trinajstić information content (AvgIpc) is 2.64. The van der Waals surface area contributed by atoms with Crippen LogP contribution in [0.5, 0.6) is 0 Å². The lowest BCUT2D eigenvalue weighted by atomic mass is 10.1. The Morgan fingerprint density at radius 2 is 1.64 bits per heavy atom. The number of amides is 1. The fourth-order valence-corrected chi connectivity index (χ4v) is 3.80. The molecule has 2 aromatic rings. The number of carbonyl (C=O) groups is 1. The van der Waals surface area contributed by atoms with Crippen molar-refractivity contribution in [3.8, 4) is 0 Å². The Balaban J connectivity index is 2.03. The first-order chi connectivity index (χ1) is 12.1. The van der Waals surface area contributed by atoms with Crippen LogP contribution in [0.25, 0.3) is 0 Å². The molecule has 1 atom stereocenters. The van der Waals surface area contributed by atoms with Gasteiger partial charge in [0, 0.05) is 24.0 Å². The van der Waals surface area contributed by atoms with Crippen molar-refractivity contribution in [1.29, 1.82) is 0 Å². The number of likely N-dealkylation sites (N-methyl/N-ethyl adjacent to an activating group) is 1. The molecule has 25 heavy (non-hydrogen) atoms. The van der Waals surface area contributed by atoms with Crippen molar-refractivity contribution in [1.82, 2.24) is 10.2 Å². The molecule has 134 valence electrons. The van der Waals surface area contributed by atoms with Crippen molar-refractivity contribution < 1.29 is 4.79 Å². The molecule has 0 radical (unpaired) electrons. The van der Waals surface area contributed by atoms with E-state index in [9.17, 15) is 4.79 Å². The van der Waals surface area contributed by atoms with Gasteiger partial charge in [0.2, 0.25) is 5.91 Å². The molecule has 0 aromatic heterocycles. The average molecular weight is 357 g/mol. The number of rotatable bonds is 9. The molecular formula is C21H28N2OS. The van der Waals surface area contributed by atoms with Crippen molar-refractivity contribution >= 4 is 17.7 Å². The maximum absolute atomic E-state index is 12.8. The second kappa shape index (κ2) is 10.3. The molecule has 2 rings (SSSR count). The second-order valence-corrected chi connectivity index (χ2v) is 7.41. The molecule has 0 saturated heterocycles. The monoisotopic (exact) mass is 356 g/mol. The fourth-order valence-electron chi connectivity index (χ4n) is 2.73. The molecule has 0 fully saturated rings. The van der Waals surface area contributed by atoms with Gasteiger partial charge in [0.1, 0.15) is 5.25 Å². The van der Waals surface area contributed by atoms with Crippen molar-refractivity contribution in [2.45, 2.75) is 37.0 Å². The zero-order chi connectivity index (χ0) is 18.1. The lowest BCUT2D eigenvalue weighted by molar-refractivity contribution is -0.120. The number of hydrogen-bond acceptors (Lipinski definition) is 3. The largest absolute Gasteiger partial charge is 0.354 e. The van der Waals surface area contributed by atoms with Gasteiger partial charge in [-0.15, -0.1) is 11.8 Å². The summed E-state index contributed by atoms with van der Waals surface area (Å²) >= 11 is 1.60. The summed E-state index contributed by atoms with van der Waals surface area (Å²) in [5.74, 6) is 0.0693. The third kappa shape index (κ3) is 6.22. The molecule has 3 nitrogen and oxygen atoms in total. The molecule has 0 bridgehead atoms. The third-order valence-corrected chi connectivity index (χ3v) is 5.44. The van der Waals surface area contributed by atoms with Gasteiger partial charge in [-0.2, -0.15) is 0 Å². The van der Waals surface area contributed by atoms with E-state index < -0.39 is 0 Å². The van der Waals surface area contributed by atoms with Crippen LogP contribution in [0.1, 0.15) is 31.6 Å². The number of thioether (sulfide) groups is 1. The molecule has 1 amide bonds. The van der Waals surface area contributed by atoms with Crippen LogP contribution >= 0.6 is 11.8 Å². The predicted molar refractivity (Wildman–Crippen MR) is 107 cm³/mol. The van der Waals surface area contributed by atoms with Crippen LogP contribution in [0, 0.1) is 0 Å². The van der Waals surface area contributed by atoms with Gasteiger partial charge in [0.25, 0.3) is 0 Å². The molecule has 0 aliphatic heterocycles. The van der Waals surface area contributed by atoms with E-state index in [0.29, 0.717) is 12.6 Å². The van der Waals surface area contributed by atoms with E-state index in [1.165, 1.54) is 0 Å². The maximum atomic E-state index is 12.8. The molecule has 1 N–H and O–H groups in total. The Labute approximate surface area is 155 Å². The van der Waals surface area contributed by atoms with Gasteiger partial charge < -0.3 is 5.32 Å². The molecule has 0 heterocycles. The summed E-state index contributed by atoms with van der Waals surface area (Å²) in [5.41, 5.74) is 1.03. The molecule has 0 spiro atoms. The van der Waals surface area contributed by atoms with E-state index in [-0.39, 0.29) is 11.2 Å². The number of nitrogens with zero attached hydrogens (tertiary/aromatic N) is 1. The van der Waals surface area contributed by atoms with Crippen molar-refractivity contribution in [2.24, 2.45) is 0 Å². The summed E-state index contributed by atoms with van der Waals surface area (Å²) in [4.78, 5) is 16.3. The molecule has 4 heteroatoms. The van der Waals surface area contributed by atoms with E-state index >= 15 is 0 Å². The van der Waals surface area contributed by atoms with Crippen LogP contribution < -0.4 is 5.32 Å². The molecule has 0 aliphatic rings. The van der Waals surface area contributed by atoms with Crippen LogP contribution in [-0.4, -0.2) is 36.5 Å². The van der Waals surface area contributed by atoms with Crippen LogP contribution in [0.15, 0.2) is 65.6 Å². The predicted octanol–water partition coefficient (Wildman–Crippen LogP) is 4.37. The quantitative estimate of drug-likeness (QED) is 0.677. The van der Waals surface area contributed by atoms with E-state index in [1.54, 1.807) is 11.8 Å². The molecule has 1 unspecified atom stereocenters. The highest BCUT2D eigenvalue weighted by Crippen LogP contribution is 2.35. The topological polar surface area (TPSA) is 32.3 Å². The molecular weight excluding hydrogens is 328 g/mol. The lowest BCUT2D eigenvalue weighted by Gasteiger charge is -2.25. The van der Waals surface area contributed by atoms with Gasteiger partial charge in [-0.3, -0.25) is 9.69 Å².